The van der Waals surface area contributed by atoms with Crippen LogP contribution in [-0.4, -0.2) is 30.6 Å². The lowest BCUT2D eigenvalue weighted by Crippen LogP contribution is -2.09. The zero-order valence-corrected chi connectivity index (χ0v) is 7.95. The van der Waals surface area contributed by atoms with Crippen LogP contribution in [0.25, 0.3) is 5.82 Å². The smallest absolute Gasteiger partial charge is 0.222 e. The van der Waals surface area contributed by atoms with Crippen LogP contribution in [0, 0.1) is 0 Å². The summed E-state index contributed by atoms with van der Waals surface area (Å²) in [5.74, 6) is 0.799. The number of carbonyl (C=O) groups excluding carboxylic acids is 1. The van der Waals surface area contributed by atoms with Crippen molar-refractivity contribution in [2.45, 2.75) is 6.92 Å². The Labute approximate surface area is 85.2 Å². The van der Waals surface area contributed by atoms with Crippen LogP contribution in [0.3, 0.4) is 0 Å². The molecule has 0 aliphatic heterocycles. The molecule has 76 valence electrons. The molecule has 0 radical (unpaired) electrons. The molecule has 0 fully saturated rings. The Bertz CT molecular complexity index is 466. The van der Waals surface area contributed by atoms with Gasteiger partial charge in [-0.3, -0.25) is 4.79 Å². The number of nitrogens with zero attached hydrogens (tertiary/aromatic N) is 5. The van der Waals surface area contributed by atoms with Gasteiger partial charge in [-0.2, -0.15) is 5.10 Å². The van der Waals surface area contributed by atoms with Gasteiger partial charge in [0.15, 0.2) is 5.82 Å². The normalized spacial score (nSPS) is 9.93. The lowest BCUT2D eigenvalue weighted by Gasteiger charge is -2.02. The Balaban J connectivity index is 2.31. The molecular weight excluding hydrogens is 196 g/mol. The molecule has 0 aliphatic carbocycles. The SMILES string of the molecule is CC(=O)Nc1cc(-n2cncn2)ncn1. The molecule has 0 atom stereocenters. The number of nitrogens with one attached hydrogen (secondary N) is 1. The number of anilines is 1. The van der Waals surface area contributed by atoms with Crippen molar-refractivity contribution in [3.8, 4) is 5.82 Å². The average Bonchev–Trinajstić information content (AvgIpc) is 2.69. The molecule has 0 bridgehead atoms. The first-order chi connectivity index (χ1) is 7.25. The molecule has 1 N–H and O–H groups in total. The van der Waals surface area contributed by atoms with Crippen molar-refractivity contribution in [1.82, 2.24) is 24.7 Å². The molecule has 7 nitrogen and oxygen atoms in total. The van der Waals surface area contributed by atoms with E-state index < -0.39 is 0 Å². The van der Waals surface area contributed by atoms with Crippen LogP contribution < -0.4 is 5.32 Å². The van der Waals surface area contributed by atoms with Crippen LogP contribution in [0.2, 0.25) is 0 Å². The highest BCUT2D eigenvalue weighted by atomic mass is 16.1. The van der Waals surface area contributed by atoms with E-state index in [1.165, 1.54) is 30.6 Å². The summed E-state index contributed by atoms with van der Waals surface area (Å²) in [5, 5.41) is 6.46. The van der Waals surface area contributed by atoms with Crippen LogP contribution in [0.15, 0.2) is 25.0 Å². The Morgan fingerprint density at radius 2 is 2.27 bits per heavy atom. The number of hydrogen-bond donors (Lipinski definition) is 1. The van der Waals surface area contributed by atoms with Gasteiger partial charge in [0.05, 0.1) is 0 Å². The van der Waals surface area contributed by atoms with Crippen molar-refractivity contribution in [2.24, 2.45) is 0 Å². The van der Waals surface area contributed by atoms with Crippen molar-refractivity contribution in [3.05, 3.63) is 25.0 Å². The van der Waals surface area contributed by atoms with Gasteiger partial charge >= 0.3 is 0 Å². The third-order valence-corrected chi connectivity index (χ3v) is 1.61. The molecule has 0 aliphatic rings. The molecule has 0 saturated heterocycles. The Hall–Kier alpha value is -2.31. The Morgan fingerprint density at radius 1 is 1.40 bits per heavy atom. The van der Waals surface area contributed by atoms with E-state index in [0.717, 1.165) is 0 Å². The minimum absolute atomic E-state index is 0.182. The van der Waals surface area contributed by atoms with E-state index in [1.807, 2.05) is 0 Å². The van der Waals surface area contributed by atoms with Crippen LogP contribution >= 0.6 is 0 Å². The van der Waals surface area contributed by atoms with E-state index in [1.54, 1.807) is 6.07 Å². The zero-order valence-electron chi connectivity index (χ0n) is 7.95. The van der Waals surface area contributed by atoms with Gasteiger partial charge in [0.25, 0.3) is 0 Å². The van der Waals surface area contributed by atoms with E-state index in [0.29, 0.717) is 11.6 Å². The fraction of sp³-hybridized carbons (Fsp3) is 0.125. The van der Waals surface area contributed by atoms with Gasteiger partial charge in [-0.05, 0) is 0 Å². The topological polar surface area (TPSA) is 85.6 Å². The van der Waals surface area contributed by atoms with Gasteiger partial charge < -0.3 is 5.32 Å². The van der Waals surface area contributed by atoms with E-state index in [2.05, 4.69) is 25.4 Å². The Kier molecular flexibility index (Phi) is 2.36. The molecule has 15 heavy (non-hydrogen) atoms. The van der Waals surface area contributed by atoms with Gasteiger partial charge in [-0.1, -0.05) is 0 Å². The highest BCUT2D eigenvalue weighted by Gasteiger charge is 2.02. The molecule has 2 heterocycles. The molecule has 0 aromatic carbocycles. The predicted octanol–water partition coefficient (Wildman–Crippen LogP) is 0.0157. The number of carbonyl (C=O) groups is 1. The van der Waals surface area contributed by atoms with Crippen molar-refractivity contribution in [1.29, 1.82) is 0 Å². The van der Waals surface area contributed by atoms with Gasteiger partial charge in [0, 0.05) is 13.0 Å². The van der Waals surface area contributed by atoms with Crippen LogP contribution in [0.4, 0.5) is 5.82 Å². The van der Waals surface area contributed by atoms with Crippen LogP contribution in [0.5, 0.6) is 0 Å². The summed E-state index contributed by atoms with van der Waals surface area (Å²) in [6, 6.07) is 1.61. The van der Waals surface area contributed by atoms with Crippen LogP contribution in [-0.2, 0) is 4.79 Å². The molecule has 2 aromatic rings. The minimum Gasteiger partial charge on any atom is -0.311 e. The third-order valence-electron chi connectivity index (χ3n) is 1.61. The van der Waals surface area contributed by atoms with E-state index in [9.17, 15) is 4.79 Å². The summed E-state index contributed by atoms with van der Waals surface area (Å²) in [5.41, 5.74) is 0. The molecule has 0 spiro atoms. The van der Waals surface area contributed by atoms with Gasteiger partial charge in [0.2, 0.25) is 5.91 Å². The summed E-state index contributed by atoms with van der Waals surface area (Å²) in [4.78, 5) is 22.5. The van der Waals surface area contributed by atoms with Gasteiger partial charge in [-0.15, -0.1) is 0 Å². The monoisotopic (exact) mass is 204 g/mol. The largest absolute Gasteiger partial charge is 0.311 e. The van der Waals surface area contributed by atoms with Gasteiger partial charge in [0.1, 0.15) is 24.8 Å². The number of hydrogen-bond acceptors (Lipinski definition) is 5. The summed E-state index contributed by atoms with van der Waals surface area (Å²) in [6.07, 6.45) is 4.27. The lowest BCUT2D eigenvalue weighted by atomic mass is 10.5. The maximum atomic E-state index is 10.8. The highest BCUT2D eigenvalue weighted by Crippen LogP contribution is 2.06. The van der Waals surface area contributed by atoms with Crippen LogP contribution in [0.1, 0.15) is 6.92 Å². The van der Waals surface area contributed by atoms with E-state index >= 15 is 0 Å². The number of rotatable bonds is 2. The highest BCUT2D eigenvalue weighted by molar-refractivity contribution is 5.87. The summed E-state index contributed by atoms with van der Waals surface area (Å²) in [7, 11) is 0. The fourth-order valence-corrected chi connectivity index (χ4v) is 1.05. The molecule has 1 amide bonds. The number of aromatic nitrogens is 5. The summed E-state index contributed by atoms with van der Waals surface area (Å²) >= 11 is 0. The Morgan fingerprint density at radius 3 is 2.93 bits per heavy atom. The quantitative estimate of drug-likeness (QED) is 0.745. The molecule has 0 unspecified atom stereocenters. The zero-order chi connectivity index (χ0) is 10.7. The second kappa shape index (κ2) is 3.82. The van der Waals surface area contributed by atoms with Crippen molar-refractivity contribution < 1.29 is 4.79 Å². The predicted molar refractivity (Wildman–Crippen MR) is 51.3 cm³/mol. The molecule has 2 rings (SSSR count). The first-order valence-electron chi connectivity index (χ1n) is 4.20. The van der Waals surface area contributed by atoms with E-state index in [4.69, 9.17) is 0 Å². The fourth-order valence-electron chi connectivity index (χ4n) is 1.05. The standard InChI is InChI=1S/C8H8N6O/c1-6(15)13-7-2-8(11-4-10-7)14-5-9-3-12-14/h2-5H,1H3,(H,10,11,13,15). The molecule has 7 heteroatoms. The third kappa shape index (κ3) is 2.13. The first-order valence-corrected chi connectivity index (χ1v) is 4.20. The van der Waals surface area contributed by atoms with E-state index in [-0.39, 0.29) is 5.91 Å². The van der Waals surface area contributed by atoms with Crippen molar-refractivity contribution >= 4 is 11.7 Å². The molecule has 0 saturated carbocycles. The summed E-state index contributed by atoms with van der Waals surface area (Å²) < 4.78 is 1.48. The second-order valence-electron chi connectivity index (χ2n) is 2.78. The average molecular weight is 204 g/mol. The number of amides is 1. The lowest BCUT2D eigenvalue weighted by molar-refractivity contribution is -0.114. The van der Waals surface area contributed by atoms with Crippen molar-refractivity contribution in [3.63, 3.8) is 0 Å². The molecule has 2 aromatic heterocycles. The summed E-state index contributed by atoms with van der Waals surface area (Å²) in [6.45, 7) is 1.41. The first kappa shape index (κ1) is 9.25. The van der Waals surface area contributed by atoms with Gasteiger partial charge in [-0.25, -0.2) is 19.6 Å². The minimum atomic E-state index is -0.182. The maximum absolute atomic E-state index is 10.8. The molecular formula is C8H8N6O. The maximum Gasteiger partial charge on any atom is 0.222 e. The second-order valence-corrected chi connectivity index (χ2v) is 2.78. The van der Waals surface area contributed by atoms with Crippen molar-refractivity contribution in [2.75, 3.05) is 5.32 Å².